The Kier molecular flexibility index (Phi) is 8.78. The Morgan fingerprint density at radius 1 is 1.27 bits per heavy atom. The molecule has 1 heterocycles. The van der Waals surface area contributed by atoms with Crippen LogP contribution in [0.15, 0.2) is 23.1 Å². The van der Waals surface area contributed by atoms with E-state index in [1.165, 1.54) is 10.4 Å². The van der Waals surface area contributed by atoms with E-state index in [2.05, 4.69) is 24.5 Å². The minimum atomic E-state index is -3.63. The quantitative estimate of drug-likeness (QED) is 0.624. The van der Waals surface area contributed by atoms with Gasteiger partial charge in [0.25, 0.3) is 0 Å². The lowest BCUT2D eigenvalue weighted by molar-refractivity contribution is -0.114. The van der Waals surface area contributed by atoms with Crippen molar-refractivity contribution in [2.75, 3.05) is 50.0 Å². The Labute approximate surface area is 160 Å². The molecule has 1 aliphatic rings. The van der Waals surface area contributed by atoms with Crippen molar-refractivity contribution in [1.29, 1.82) is 0 Å². The molecular weight excluding hydrogens is 380 g/mol. The van der Waals surface area contributed by atoms with E-state index in [0.717, 1.165) is 0 Å². The predicted octanol–water partition coefficient (Wildman–Crippen LogP) is 1.09. The zero-order valence-electron chi connectivity index (χ0n) is 15.0. The fraction of sp³-hybridized carbons (Fsp3) is 0.562. The first-order valence-electron chi connectivity index (χ1n) is 8.30. The van der Waals surface area contributed by atoms with Crippen molar-refractivity contribution in [3.8, 4) is 0 Å². The lowest BCUT2D eigenvalue weighted by Crippen LogP contribution is -2.40. The topological polar surface area (TPSA) is 114 Å². The minimum Gasteiger partial charge on any atom is -0.383 e. The fourth-order valence-electron chi connectivity index (χ4n) is 2.39. The molecule has 2 rings (SSSR count). The molecule has 26 heavy (non-hydrogen) atoms. The Hall–Kier alpha value is -1.39. The number of hydrogen-bond acceptors (Lipinski definition) is 6. The number of rotatable bonds is 7. The zero-order chi connectivity index (χ0) is 18.4. The number of benzene rings is 1. The molecule has 1 aliphatic heterocycles. The third-order valence-corrected chi connectivity index (χ3v) is 5.65. The number of amides is 1. The van der Waals surface area contributed by atoms with Crippen LogP contribution in [0.4, 0.5) is 11.4 Å². The van der Waals surface area contributed by atoms with Gasteiger partial charge in [0.15, 0.2) is 0 Å². The molecule has 0 bridgehead atoms. The highest BCUT2D eigenvalue weighted by molar-refractivity contribution is 7.89. The van der Waals surface area contributed by atoms with Crippen LogP contribution in [-0.4, -0.2) is 58.0 Å². The van der Waals surface area contributed by atoms with Crippen molar-refractivity contribution in [1.82, 2.24) is 4.31 Å². The number of carbonyl (C=O) groups is 1. The summed E-state index contributed by atoms with van der Waals surface area (Å²) in [5.41, 5.74) is 6.43. The van der Waals surface area contributed by atoms with Gasteiger partial charge in [-0.2, -0.15) is 4.31 Å². The smallest absolute Gasteiger partial charge is 0.243 e. The second-order valence-corrected chi connectivity index (χ2v) is 8.19. The summed E-state index contributed by atoms with van der Waals surface area (Å²) in [6.07, 6.45) is 0. The molecule has 0 spiro atoms. The first-order valence-corrected chi connectivity index (χ1v) is 9.74. The molecule has 1 saturated heterocycles. The zero-order valence-corrected chi connectivity index (χ0v) is 16.7. The van der Waals surface area contributed by atoms with Gasteiger partial charge in [-0.3, -0.25) is 4.79 Å². The van der Waals surface area contributed by atoms with Gasteiger partial charge in [0.1, 0.15) is 0 Å². The summed E-state index contributed by atoms with van der Waals surface area (Å²) in [4.78, 5) is 11.8. The van der Waals surface area contributed by atoms with Crippen LogP contribution < -0.4 is 16.4 Å². The maximum Gasteiger partial charge on any atom is 0.243 e. The summed E-state index contributed by atoms with van der Waals surface area (Å²) in [6.45, 7) is 6.03. The highest BCUT2D eigenvalue weighted by Crippen LogP contribution is 2.28. The number of sulfonamides is 1. The van der Waals surface area contributed by atoms with Crippen LogP contribution in [0.2, 0.25) is 0 Å². The van der Waals surface area contributed by atoms with Crippen molar-refractivity contribution in [2.24, 2.45) is 11.7 Å². The third kappa shape index (κ3) is 5.82. The van der Waals surface area contributed by atoms with Crippen LogP contribution in [0, 0.1) is 5.92 Å². The van der Waals surface area contributed by atoms with E-state index in [-0.39, 0.29) is 29.8 Å². The normalized spacial score (nSPS) is 15.4. The molecule has 1 fully saturated rings. The monoisotopic (exact) mass is 406 g/mol. The number of halogens is 1. The maximum atomic E-state index is 12.8. The number of hydrogen-bond donors (Lipinski definition) is 3. The molecular formula is C16H27ClN4O4S. The Balaban J connectivity index is 0.00000338. The SMILES string of the molecule is CC(C)CNc1ccc(S(=O)(=O)N2CCOCC2)cc1NC(=O)CN.Cl. The molecule has 4 N–H and O–H groups in total. The van der Waals surface area contributed by atoms with Gasteiger partial charge in [0.05, 0.1) is 36.0 Å². The summed E-state index contributed by atoms with van der Waals surface area (Å²) in [6, 6.07) is 4.69. The number of morpholine rings is 1. The second kappa shape index (κ2) is 10.1. The molecule has 10 heteroatoms. The van der Waals surface area contributed by atoms with Crippen LogP contribution >= 0.6 is 12.4 Å². The highest BCUT2D eigenvalue weighted by Gasteiger charge is 2.27. The molecule has 0 atom stereocenters. The number of anilines is 2. The molecule has 1 aromatic carbocycles. The van der Waals surface area contributed by atoms with E-state index in [1.54, 1.807) is 12.1 Å². The molecule has 0 aliphatic carbocycles. The Bertz CT molecular complexity index is 706. The standard InChI is InChI=1S/C16H26N4O4S.ClH/c1-12(2)11-18-14-4-3-13(9-15(14)19-16(21)10-17)25(22,23)20-5-7-24-8-6-20;/h3-4,9,12,18H,5-8,10-11,17H2,1-2H3,(H,19,21);1H. The summed E-state index contributed by atoms with van der Waals surface area (Å²) < 4.78 is 32.2. The Morgan fingerprint density at radius 3 is 2.50 bits per heavy atom. The number of nitrogens with two attached hydrogens (primary N) is 1. The van der Waals surface area contributed by atoms with Crippen molar-refractivity contribution in [2.45, 2.75) is 18.7 Å². The summed E-state index contributed by atoms with van der Waals surface area (Å²) >= 11 is 0. The van der Waals surface area contributed by atoms with E-state index in [1.807, 2.05) is 0 Å². The minimum absolute atomic E-state index is 0. The molecule has 0 aromatic heterocycles. The van der Waals surface area contributed by atoms with E-state index in [4.69, 9.17) is 10.5 Å². The van der Waals surface area contributed by atoms with E-state index >= 15 is 0 Å². The molecule has 0 radical (unpaired) electrons. The summed E-state index contributed by atoms with van der Waals surface area (Å²) in [5, 5.41) is 5.88. The summed E-state index contributed by atoms with van der Waals surface area (Å²) in [7, 11) is -3.63. The third-order valence-electron chi connectivity index (χ3n) is 3.76. The van der Waals surface area contributed by atoms with Crippen molar-refractivity contribution < 1.29 is 17.9 Å². The van der Waals surface area contributed by atoms with E-state index in [0.29, 0.717) is 50.1 Å². The highest BCUT2D eigenvalue weighted by atomic mass is 35.5. The number of carbonyl (C=O) groups excluding carboxylic acids is 1. The predicted molar refractivity (Wildman–Crippen MR) is 104 cm³/mol. The lowest BCUT2D eigenvalue weighted by Gasteiger charge is -2.26. The van der Waals surface area contributed by atoms with Gasteiger partial charge >= 0.3 is 0 Å². The van der Waals surface area contributed by atoms with E-state index in [9.17, 15) is 13.2 Å². The van der Waals surface area contributed by atoms with Crippen LogP contribution in [0.1, 0.15) is 13.8 Å². The van der Waals surface area contributed by atoms with Gasteiger partial charge < -0.3 is 21.1 Å². The number of ether oxygens (including phenoxy) is 1. The van der Waals surface area contributed by atoms with Gasteiger partial charge in [-0.25, -0.2) is 8.42 Å². The van der Waals surface area contributed by atoms with Gasteiger partial charge in [-0.05, 0) is 24.1 Å². The number of nitrogens with one attached hydrogen (secondary N) is 2. The molecule has 148 valence electrons. The van der Waals surface area contributed by atoms with Gasteiger partial charge in [0.2, 0.25) is 15.9 Å². The molecule has 8 nitrogen and oxygen atoms in total. The van der Waals surface area contributed by atoms with Crippen LogP contribution in [0.3, 0.4) is 0 Å². The Morgan fingerprint density at radius 2 is 1.92 bits per heavy atom. The van der Waals surface area contributed by atoms with Crippen molar-refractivity contribution in [3.63, 3.8) is 0 Å². The van der Waals surface area contributed by atoms with Crippen molar-refractivity contribution >= 4 is 39.7 Å². The average molecular weight is 407 g/mol. The second-order valence-electron chi connectivity index (χ2n) is 6.25. The first kappa shape index (κ1) is 22.7. The average Bonchev–Trinajstić information content (AvgIpc) is 2.61. The molecule has 0 saturated carbocycles. The first-order chi connectivity index (χ1) is 11.8. The largest absolute Gasteiger partial charge is 0.383 e. The van der Waals surface area contributed by atoms with Crippen LogP contribution in [-0.2, 0) is 19.6 Å². The van der Waals surface area contributed by atoms with Gasteiger partial charge in [-0.15, -0.1) is 12.4 Å². The molecule has 0 unspecified atom stereocenters. The number of nitrogens with zero attached hydrogens (tertiary/aromatic N) is 1. The van der Waals surface area contributed by atoms with E-state index < -0.39 is 10.0 Å². The lowest BCUT2D eigenvalue weighted by atomic mass is 10.2. The molecule has 1 amide bonds. The van der Waals surface area contributed by atoms with Crippen molar-refractivity contribution in [3.05, 3.63) is 18.2 Å². The van der Waals surface area contributed by atoms with Gasteiger partial charge in [-0.1, -0.05) is 13.8 Å². The maximum absolute atomic E-state index is 12.8. The molecule has 1 aromatic rings. The van der Waals surface area contributed by atoms with Crippen LogP contribution in [0.25, 0.3) is 0 Å². The van der Waals surface area contributed by atoms with Crippen LogP contribution in [0.5, 0.6) is 0 Å². The summed E-state index contributed by atoms with van der Waals surface area (Å²) in [5.74, 6) is 0.0170. The fourth-order valence-corrected chi connectivity index (χ4v) is 3.83. The van der Waals surface area contributed by atoms with Gasteiger partial charge in [0, 0.05) is 19.6 Å².